The molecule has 0 amide bonds. The zero-order valence-corrected chi connectivity index (χ0v) is 13.6. The van der Waals surface area contributed by atoms with E-state index in [-0.39, 0.29) is 17.4 Å². The van der Waals surface area contributed by atoms with Gasteiger partial charge >= 0.3 is 0 Å². The number of halogens is 1. The molecule has 21 heavy (non-hydrogen) atoms. The summed E-state index contributed by atoms with van der Waals surface area (Å²) >= 11 is 0. The van der Waals surface area contributed by atoms with Gasteiger partial charge in [-0.2, -0.15) is 0 Å². The molecule has 2 rings (SSSR count). The van der Waals surface area contributed by atoms with Gasteiger partial charge in [0.05, 0.1) is 6.04 Å². The minimum atomic E-state index is -0.161. The van der Waals surface area contributed by atoms with Gasteiger partial charge in [0, 0.05) is 5.54 Å². The number of nitrogens with one attached hydrogen (secondary N) is 1. The van der Waals surface area contributed by atoms with Crippen molar-refractivity contribution in [1.29, 1.82) is 0 Å². The first-order chi connectivity index (χ1) is 9.90. The van der Waals surface area contributed by atoms with Gasteiger partial charge in [-0.05, 0) is 69.8 Å². The zero-order chi connectivity index (χ0) is 15.6. The average Bonchev–Trinajstić information content (AvgIpc) is 2.45. The molecule has 1 aliphatic rings. The number of hydrogen-bond acceptors (Lipinski definition) is 3. The first-order valence-corrected chi connectivity index (χ1v) is 7.80. The van der Waals surface area contributed by atoms with E-state index in [0.717, 1.165) is 24.3 Å². The maximum Gasteiger partial charge on any atom is 0.126 e. The van der Waals surface area contributed by atoms with Gasteiger partial charge in [0.15, 0.2) is 0 Å². The Balaban J connectivity index is 2.38. The molecule has 1 unspecified atom stereocenters. The summed E-state index contributed by atoms with van der Waals surface area (Å²) in [6, 6.07) is 5.34. The third kappa shape index (κ3) is 3.12. The lowest BCUT2D eigenvalue weighted by Gasteiger charge is -2.49. The molecular formula is C17H28FN3. The van der Waals surface area contributed by atoms with E-state index in [9.17, 15) is 4.39 Å². The van der Waals surface area contributed by atoms with Crippen molar-refractivity contribution in [2.75, 3.05) is 14.1 Å². The Kier molecular flexibility index (Phi) is 5.02. The van der Waals surface area contributed by atoms with Crippen molar-refractivity contribution < 1.29 is 4.39 Å². The van der Waals surface area contributed by atoms with Crippen molar-refractivity contribution in [3.63, 3.8) is 0 Å². The van der Waals surface area contributed by atoms with Gasteiger partial charge in [-0.25, -0.2) is 4.39 Å². The fourth-order valence-electron chi connectivity index (χ4n) is 3.67. The van der Waals surface area contributed by atoms with Crippen molar-refractivity contribution in [2.24, 2.45) is 11.8 Å². The van der Waals surface area contributed by atoms with Gasteiger partial charge < -0.3 is 4.90 Å². The molecule has 1 saturated carbocycles. The second kappa shape index (κ2) is 6.42. The van der Waals surface area contributed by atoms with Crippen LogP contribution in [0.25, 0.3) is 0 Å². The number of benzene rings is 1. The van der Waals surface area contributed by atoms with Gasteiger partial charge in [-0.1, -0.05) is 19.1 Å². The lowest BCUT2D eigenvalue weighted by molar-refractivity contribution is 0.0428. The minimum absolute atomic E-state index is 0.00840. The van der Waals surface area contributed by atoms with Crippen LogP contribution in [-0.4, -0.2) is 24.5 Å². The van der Waals surface area contributed by atoms with E-state index in [1.165, 1.54) is 12.8 Å². The summed E-state index contributed by atoms with van der Waals surface area (Å²) in [5.74, 6) is 6.52. The highest BCUT2D eigenvalue weighted by Gasteiger charge is 2.43. The van der Waals surface area contributed by atoms with E-state index in [1.54, 1.807) is 13.0 Å². The lowest BCUT2D eigenvalue weighted by atomic mass is 9.70. The predicted octanol–water partition coefficient (Wildman–Crippen LogP) is 3.15. The molecule has 3 nitrogen and oxygen atoms in total. The molecular weight excluding hydrogens is 265 g/mol. The first kappa shape index (κ1) is 16.4. The highest BCUT2D eigenvalue weighted by atomic mass is 19.1. The maximum absolute atomic E-state index is 13.6. The highest BCUT2D eigenvalue weighted by molar-refractivity contribution is 5.29. The van der Waals surface area contributed by atoms with Crippen LogP contribution >= 0.6 is 0 Å². The number of nitrogens with zero attached hydrogens (tertiary/aromatic N) is 1. The third-order valence-corrected chi connectivity index (χ3v) is 5.25. The normalized spacial score (nSPS) is 27.9. The molecule has 0 radical (unpaired) electrons. The average molecular weight is 293 g/mol. The molecule has 0 aliphatic heterocycles. The van der Waals surface area contributed by atoms with E-state index in [2.05, 4.69) is 31.3 Å². The SMILES string of the molecule is Cc1cc(C(NN)C2(N(C)C)CCC(C)CC2)ccc1F. The van der Waals surface area contributed by atoms with E-state index in [4.69, 9.17) is 5.84 Å². The molecule has 1 fully saturated rings. The van der Waals surface area contributed by atoms with Gasteiger partial charge in [0.1, 0.15) is 5.82 Å². The minimum Gasteiger partial charge on any atom is -0.302 e. The number of nitrogens with two attached hydrogens (primary N) is 1. The summed E-state index contributed by atoms with van der Waals surface area (Å²) in [6.45, 7) is 4.12. The predicted molar refractivity (Wildman–Crippen MR) is 85.3 cm³/mol. The molecule has 0 bridgehead atoms. The molecule has 1 aromatic carbocycles. The second-order valence-electron chi connectivity index (χ2n) is 6.79. The van der Waals surface area contributed by atoms with E-state index in [1.807, 2.05) is 12.1 Å². The van der Waals surface area contributed by atoms with Crippen LogP contribution in [0.2, 0.25) is 0 Å². The molecule has 1 aliphatic carbocycles. The fraction of sp³-hybridized carbons (Fsp3) is 0.647. The largest absolute Gasteiger partial charge is 0.302 e. The summed E-state index contributed by atoms with van der Waals surface area (Å²) in [4.78, 5) is 2.29. The molecule has 1 atom stereocenters. The summed E-state index contributed by atoms with van der Waals surface area (Å²) in [6.07, 6.45) is 4.62. The van der Waals surface area contributed by atoms with E-state index < -0.39 is 0 Å². The highest BCUT2D eigenvalue weighted by Crippen LogP contribution is 2.43. The molecule has 0 spiro atoms. The van der Waals surface area contributed by atoms with Gasteiger partial charge in [-0.15, -0.1) is 0 Å². The Hall–Kier alpha value is -0.970. The smallest absolute Gasteiger partial charge is 0.126 e. The summed E-state index contributed by atoms with van der Waals surface area (Å²) in [7, 11) is 4.24. The topological polar surface area (TPSA) is 41.3 Å². The molecule has 0 saturated heterocycles. The summed E-state index contributed by atoms with van der Waals surface area (Å²) < 4.78 is 13.6. The molecule has 1 aromatic rings. The Morgan fingerprint density at radius 2 is 1.95 bits per heavy atom. The number of rotatable bonds is 4. The van der Waals surface area contributed by atoms with Crippen LogP contribution in [0.3, 0.4) is 0 Å². The molecule has 0 aromatic heterocycles. The molecule has 4 heteroatoms. The van der Waals surface area contributed by atoms with E-state index in [0.29, 0.717) is 5.56 Å². The van der Waals surface area contributed by atoms with Crippen LogP contribution in [0, 0.1) is 18.7 Å². The standard InChI is InChI=1S/C17H28FN3/c1-12-7-9-17(10-8-12,21(3)4)16(20-19)14-5-6-15(18)13(2)11-14/h5-6,11-12,16,20H,7-10,19H2,1-4H3. The Labute approximate surface area is 127 Å². The van der Waals surface area contributed by atoms with Crippen molar-refractivity contribution >= 4 is 0 Å². The molecule has 118 valence electrons. The van der Waals surface area contributed by atoms with Crippen LogP contribution in [0.15, 0.2) is 18.2 Å². The number of aryl methyl sites for hydroxylation is 1. The fourth-order valence-corrected chi connectivity index (χ4v) is 3.67. The van der Waals surface area contributed by atoms with Crippen molar-refractivity contribution in [1.82, 2.24) is 10.3 Å². The number of hydrogen-bond donors (Lipinski definition) is 2. The third-order valence-electron chi connectivity index (χ3n) is 5.25. The van der Waals surface area contributed by atoms with Crippen LogP contribution in [-0.2, 0) is 0 Å². The summed E-state index contributed by atoms with van der Waals surface area (Å²) in [5.41, 5.74) is 4.74. The van der Waals surface area contributed by atoms with Gasteiger partial charge in [0.2, 0.25) is 0 Å². The second-order valence-corrected chi connectivity index (χ2v) is 6.79. The van der Waals surface area contributed by atoms with Crippen LogP contribution < -0.4 is 11.3 Å². The molecule has 0 heterocycles. The summed E-state index contributed by atoms with van der Waals surface area (Å²) in [5, 5.41) is 0. The Morgan fingerprint density at radius 1 is 1.33 bits per heavy atom. The van der Waals surface area contributed by atoms with Gasteiger partial charge in [0.25, 0.3) is 0 Å². The lowest BCUT2D eigenvalue weighted by Crippen LogP contribution is -2.56. The molecule has 3 N–H and O–H groups in total. The quantitative estimate of drug-likeness (QED) is 0.662. The first-order valence-electron chi connectivity index (χ1n) is 7.80. The number of hydrazine groups is 1. The van der Waals surface area contributed by atoms with Crippen LogP contribution in [0.4, 0.5) is 4.39 Å². The van der Waals surface area contributed by atoms with Gasteiger partial charge in [-0.3, -0.25) is 11.3 Å². The Bertz CT molecular complexity index is 479. The Morgan fingerprint density at radius 3 is 2.43 bits per heavy atom. The zero-order valence-electron chi connectivity index (χ0n) is 13.6. The van der Waals surface area contributed by atoms with Crippen LogP contribution in [0.5, 0.6) is 0 Å². The van der Waals surface area contributed by atoms with Crippen molar-refractivity contribution in [3.8, 4) is 0 Å². The maximum atomic E-state index is 13.6. The van der Waals surface area contributed by atoms with Crippen molar-refractivity contribution in [2.45, 2.75) is 51.1 Å². The van der Waals surface area contributed by atoms with Crippen LogP contribution in [0.1, 0.15) is 49.8 Å². The number of likely N-dealkylation sites (N-methyl/N-ethyl adjacent to an activating group) is 1. The van der Waals surface area contributed by atoms with E-state index >= 15 is 0 Å². The van der Waals surface area contributed by atoms with Crippen molar-refractivity contribution in [3.05, 3.63) is 35.1 Å². The monoisotopic (exact) mass is 293 g/mol.